The number of methoxy groups -OCH3 is 3. The minimum absolute atomic E-state index is 0.423. The molecule has 4 heteroatoms. The molecule has 0 aliphatic heterocycles. The molecule has 0 bridgehead atoms. The van der Waals surface area contributed by atoms with Gasteiger partial charge in [0.25, 0.3) is 0 Å². The molecule has 0 radical (unpaired) electrons. The number of ether oxygens (including phenoxy) is 3. The van der Waals surface area contributed by atoms with Crippen LogP contribution in [-0.2, 0) is 4.74 Å². The van der Waals surface area contributed by atoms with E-state index in [0.29, 0.717) is 22.6 Å². The van der Waals surface area contributed by atoms with Crippen LogP contribution in [0.25, 0.3) is 12.2 Å². The van der Waals surface area contributed by atoms with Crippen molar-refractivity contribution in [3.05, 3.63) is 59.2 Å². The molecule has 0 amide bonds. The molecule has 0 aliphatic rings. The predicted molar refractivity (Wildman–Crippen MR) is 86.3 cm³/mol. The van der Waals surface area contributed by atoms with Crippen LogP contribution in [0, 0.1) is 0 Å². The number of rotatable bonds is 5. The average molecular weight is 298 g/mol. The fourth-order valence-corrected chi connectivity index (χ4v) is 2.07. The van der Waals surface area contributed by atoms with Crippen LogP contribution < -0.4 is 9.47 Å². The second-order valence-electron chi connectivity index (χ2n) is 4.53. The normalized spacial score (nSPS) is 10.5. The first-order chi connectivity index (χ1) is 10.7. The summed E-state index contributed by atoms with van der Waals surface area (Å²) in [6.45, 7) is 0. The van der Waals surface area contributed by atoms with Gasteiger partial charge >= 0.3 is 5.97 Å². The smallest absolute Gasteiger partial charge is 0.338 e. The zero-order valence-electron chi connectivity index (χ0n) is 12.8. The zero-order chi connectivity index (χ0) is 15.9. The molecule has 22 heavy (non-hydrogen) atoms. The summed E-state index contributed by atoms with van der Waals surface area (Å²) in [4.78, 5) is 12.0. The van der Waals surface area contributed by atoms with Gasteiger partial charge in [0.05, 0.1) is 26.9 Å². The number of hydrogen-bond donors (Lipinski definition) is 0. The van der Waals surface area contributed by atoms with Gasteiger partial charge in [-0.1, -0.05) is 42.5 Å². The summed E-state index contributed by atoms with van der Waals surface area (Å²) in [5, 5.41) is 0. The third kappa shape index (κ3) is 3.47. The molecule has 2 aromatic carbocycles. The summed E-state index contributed by atoms with van der Waals surface area (Å²) in [6, 6.07) is 13.2. The number of carbonyl (C=O) groups excluding carboxylic acids is 1. The van der Waals surface area contributed by atoms with E-state index in [1.165, 1.54) is 14.2 Å². The summed E-state index contributed by atoms with van der Waals surface area (Å²) in [5.74, 6) is 0.622. The van der Waals surface area contributed by atoms with Gasteiger partial charge in [-0.25, -0.2) is 4.79 Å². The molecular weight excluding hydrogens is 280 g/mol. The van der Waals surface area contributed by atoms with Gasteiger partial charge in [-0.2, -0.15) is 0 Å². The van der Waals surface area contributed by atoms with Crippen molar-refractivity contribution >= 4 is 18.1 Å². The van der Waals surface area contributed by atoms with Crippen LogP contribution in [0.4, 0.5) is 0 Å². The lowest BCUT2D eigenvalue weighted by Gasteiger charge is -2.11. The molecular formula is C18H18O4. The van der Waals surface area contributed by atoms with Crippen molar-refractivity contribution in [2.24, 2.45) is 0 Å². The summed E-state index contributed by atoms with van der Waals surface area (Å²) in [7, 11) is 4.43. The van der Waals surface area contributed by atoms with Crippen molar-refractivity contribution in [1.82, 2.24) is 0 Å². The van der Waals surface area contributed by atoms with E-state index in [-0.39, 0.29) is 0 Å². The third-order valence-electron chi connectivity index (χ3n) is 3.22. The minimum atomic E-state index is -0.423. The second-order valence-corrected chi connectivity index (χ2v) is 4.53. The lowest BCUT2D eigenvalue weighted by Crippen LogP contribution is -2.05. The quantitative estimate of drug-likeness (QED) is 0.624. The molecule has 0 aromatic heterocycles. The first-order valence-electron chi connectivity index (χ1n) is 6.77. The van der Waals surface area contributed by atoms with Crippen molar-refractivity contribution in [1.29, 1.82) is 0 Å². The van der Waals surface area contributed by atoms with E-state index in [4.69, 9.17) is 14.2 Å². The largest absolute Gasteiger partial charge is 0.493 e. The van der Waals surface area contributed by atoms with Crippen LogP contribution in [0.15, 0.2) is 42.5 Å². The molecule has 0 aliphatic carbocycles. The van der Waals surface area contributed by atoms with E-state index >= 15 is 0 Å². The van der Waals surface area contributed by atoms with Crippen LogP contribution >= 0.6 is 0 Å². The Labute approximate surface area is 129 Å². The Kier molecular flexibility index (Phi) is 5.20. The monoisotopic (exact) mass is 298 g/mol. The van der Waals surface area contributed by atoms with Crippen LogP contribution in [0.5, 0.6) is 11.5 Å². The third-order valence-corrected chi connectivity index (χ3v) is 3.22. The number of hydrogen-bond acceptors (Lipinski definition) is 4. The van der Waals surface area contributed by atoms with E-state index in [2.05, 4.69) is 0 Å². The van der Waals surface area contributed by atoms with Crippen molar-refractivity contribution in [3.63, 3.8) is 0 Å². The second kappa shape index (κ2) is 7.31. The summed E-state index contributed by atoms with van der Waals surface area (Å²) < 4.78 is 15.4. The molecule has 0 fully saturated rings. The lowest BCUT2D eigenvalue weighted by molar-refractivity contribution is 0.0600. The zero-order valence-corrected chi connectivity index (χ0v) is 12.8. The average Bonchev–Trinajstić information content (AvgIpc) is 2.59. The van der Waals surface area contributed by atoms with Crippen LogP contribution in [0.1, 0.15) is 21.5 Å². The first kappa shape index (κ1) is 15.6. The Morgan fingerprint density at radius 3 is 2.14 bits per heavy atom. The Bertz CT molecular complexity index is 675. The molecule has 2 aromatic rings. The van der Waals surface area contributed by atoms with Crippen molar-refractivity contribution in [2.75, 3.05) is 21.3 Å². The number of esters is 1. The molecule has 0 saturated carbocycles. The molecule has 0 N–H and O–H groups in total. The van der Waals surface area contributed by atoms with Crippen molar-refractivity contribution < 1.29 is 19.0 Å². The van der Waals surface area contributed by atoms with Gasteiger partial charge in [-0.3, -0.25) is 0 Å². The Morgan fingerprint density at radius 1 is 0.909 bits per heavy atom. The Balaban J connectivity index is 2.48. The summed E-state index contributed by atoms with van der Waals surface area (Å²) in [6.07, 6.45) is 3.78. The van der Waals surface area contributed by atoms with Gasteiger partial charge in [0.2, 0.25) is 0 Å². The van der Waals surface area contributed by atoms with Gasteiger partial charge in [0, 0.05) is 0 Å². The molecule has 2 rings (SSSR count). The summed E-state index contributed by atoms with van der Waals surface area (Å²) >= 11 is 0. The van der Waals surface area contributed by atoms with E-state index in [9.17, 15) is 4.79 Å². The number of benzene rings is 2. The predicted octanol–water partition coefficient (Wildman–Crippen LogP) is 3.66. The summed E-state index contributed by atoms with van der Waals surface area (Å²) in [5.41, 5.74) is 2.16. The lowest BCUT2D eigenvalue weighted by atomic mass is 10.0. The van der Waals surface area contributed by atoms with E-state index in [1.54, 1.807) is 19.2 Å². The van der Waals surface area contributed by atoms with Crippen LogP contribution in [0.2, 0.25) is 0 Å². The highest BCUT2D eigenvalue weighted by Gasteiger charge is 2.15. The maximum Gasteiger partial charge on any atom is 0.338 e. The van der Waals surface area contributed by atoms with Gasteiger partial charge in [0.1, 0.15) is 0 Å². The highest BCUT2D eigenvalue weighted by Crippen LogP contribution is 2.31. The Morgan fingerprint density at radius 2 is 1.55 bits per heavy atom. The maximum atomic E-state index is 12.0. The standard InChI is InChI=1S/C18H18O4/c1-20-16-11-14(10-9-13-7-5-4-6-8-13)15(18(19)22-3)12-17(16)21-2/h4-12H,1-3H3/b10-9+. The van der Waals surface area contributed by atoms with Crippen molar-refractivity contribution in [3.8, 4) is 11.5 Å². The maximum absolute atomic E-state index is 12.0. The van der Waals surface area contributed by atoms with Gasteiger partial charge in [-0.15, -0.1) is 0 Å². The molecule has 0 heterocycles. The molecule has 0 unspecified atom stereocenters. The molecule has 0 atom stereocenters. The molecule has 4 nitrogen and oxygen atoms in total. The van der Waals surface area contributed by atoms with Crippen molar-refractivity contribution in [2.45, 2.75) is 0 Å². The fraction of sp³-hybridized carbons (Fsp3) is 0.167. The first-order valence-corrected chi connectivity index (χ1v) is 6.77. The van der Waals surface area contributed by atoms with E-state index in [0.717, 1.165) is 5.56 Å². The van der Waals surface area contributed by atoms with Crippen LogP contribution in [-0.4, -0.2) is 27.3 Å². The van der Waals surface area contributed by atoms with E-state index in [1.807, 2.05) is 42.5 Å². The molecule has 0 spiro atoms. The fourth-order valence-electron chi connectivity index (χ4n) is 2.07. The molecule has 0 saturated heterocycles. The Hall–Kier alpha value is -2.75. The highest BCUT2D eigenvalue weighted by molar-refractivity contribution is 5.95. The molecule has 114 valence electrons. The minimum Gasteiger partial charge on any atom is -0.493 e. The van der Waals surface area contributed by atoms with E-state index < -0.39 is 5.97 Å². The number of carbonyl (C=O) groups is 1. The topological polar surface area (TPSA) is 44.8 Å². The van der Waals surface area contributed by atoms with Gasteiger partial charge in [0.15, 0.2) is 11.5 Å². The van der Waals surface area contributed by atoms with Gasteiger partial charge in [-0.05, 0) is 23.3 Å². The SMILES string of the molecule is COC(=O)c1cc(OC)c(OC)cc1/C=C/c1ccccc1. The highest BCUT2D eigenvalue weighted by atomic mass is 16.5. The van der Waals surface area contributed by atoms with Gasteiger partial charge < -0.3 is 14.2 Å². The van der Waals surface area contributed by atoms with Crippen LogP contribution in [0.3, 0.4) is 0 Å².